The normalized spacial score (nSPS) is 13.9. The molecule has 0 spiro atoms. The minimum absolute atomic E-state index is 0.00199. The molecule has 0 amide bonds. The predicted octanol–water partition coefficient (Wildman–Crippen LogP) is 4.03. The number of hydrogen-bond donors (Lipinski definition) is 2. The first kappa shape index (κ1) is 16.1. The van der Waals surface area contributed by atoms with Gasteiger partial charge in [-0.15, -0.1) is 0 Å². The van der Waals surface area contributed by atoms with Crippen LogP contribution in [0.3, 0.4) is 0 Å². The van der Waals surface area contributed by atoms with E-state index in [0.29, 0.717) is 11.2 Å². The van der Waals surface area contributed by atoms with Gasteiger partial charge in [0.2, 0.25) is 5.95 Å². The highest BCUT2D eigenvalue weighted by Gasteiger charge is 2.15. The minimum Gasteiger partial charge on any atom is -0.326 e. The molecule has 0 unspecified atom stereocenters. The molecule has 1 aromatic heterocycles. The van der Waals surface area contributed by atoms with E-state index in [1.165, 1.54) is 5.56 Å². The number of aromatic nitrogens is 2. The third kappa shape index (κ3) is 4.16. The van der Waals surface area contributed by atoms with Crippen molar-refractivity contribution in [2.45, 2.75) is 50.5 Å². The van der Waals surface area contributed by atoms with E-state index in [2.05, 4.69) is 41.3 Å². The maximum Gasteiger partial charge on any atom is 0.255 e. The van der Waals surface area contributed by atoms with Crippen LogP contribution in [0.15, 0.2) is 29.1 Å². The Morgan fingerprint density at radius 2 is 1.96 bits per heavy atom. The number of fused-ring (bicyclic) bond motifs is 1. The number of aromatic amines is 1. The quantitative estimate of drug-likeness (QED) is 0.869. The smallest absolute Gasteiger partial charge is 0.255 e. The van der Waals surface area contributed by atoms with Gasteiger partial charge in [-0.1, -0.05) is 26.0 Å². The van der Waals surface area contributed by atoms with Crippen molar-refractivity contribution in [1.82, 2.24) is 9.97 Å². The molecule has 0 atom stereocenters. The van der Waals surface area contributed by atoms with Crippen LogP contribution in [0.25, 0.3) is 0 Å². The zero-order chi connectivity index (χ0) is 16.2. The Hall–Kier alpha value is -1.75. The zero-order valence-corrected chi connectivity index (χ0v) is 14.5. The first-order valence-corrected chi connectivity index (χ1v) is 9.26. The largest absolute Gasteiger partial charge is 0.326 e. The van der Waals surface area contributed by atoms with Crippen molar-refractivity contribution in [3.63, 3.8) is 0 Å². The van der Waals surface area contributed by atoms with Gasteiger partial charge in [-0.05, 0) is 48.6 Å². The number of nitrogens with zero attached hydrogens (tertiary/aromatic N) is 1. The lowest BCUT2D eigenvalue weighted by atomic mass is 9.97. The molecule has 0 radical (unpaired) electrons. The molecule has 0 aliphatic heterocycles. The van der Waals surface area contributed by atoms with Gasteiger partial charge in [0.15, 0.2) is 0 Å². The summed E-state index contributed by atoms with van der Waals surface area (Å²) in [5, 5.41) is 3.85. The maximum absolute atomic E-state index is 12.1. The number of hydrogen-bond acceptors (Lipinski definition) is 4. The fraction of sp³-hybridized carbons (Fsp3) is 0.444. The zero-order valence-electron chi connectivity index (χ0n) is 13.7. The predicted molar refractivity (Wildman–Crippen MR) is 97.7 cm³/mol. The number of H-pyrrole nitrogens is 1. The van der Waals surface area contributed by atoms with E-state index in [0.717, 1.165) is 48.4 Å². The van der Waals surface area contributed by atoms with Gasteiger partial charge in [-0.25, -0.2) is 4.98 Å². The van der Waals surface area contributed by atoms with Crippen LogP contribution in [0.4, 0.5) is 11.6 Å². The average Bonchev–Trinajstić information content (AvgIpc) is 2.54. The average molecular weight is 329 g/mol. The van der Waals surface area contributed by atoms with Gasteiger partial charge >= 0.3 is 0 Å². The molecule has 0 bridgehead atoms. The van der Waals surface area contributed by atoms with E-state index in [1.807, 2.05) is 23.9 Å². The molecule has 23 heavy (non-hydrogen) atoms. The van der Waals surface area contributed by atoms with Gasteiger partial charge in [0, 0.05) is 17.0 Å². The molecule has 1 aliphatic carbocycles. The number of benzene rings is 1. The van der Waals surface area contributed by atoms with E-state index < -0.39 is 0 Å². The number of anilines is 2. The molecule has 1 aromatic carbocycles. The molecular formula is C18H23N3OS. The number of thioether (sulfide) groups is 1. The molecule has 4 nitrogen and oxygen atoms in total. The van der Waals surface area contributed by atoms with Gasteiger partial charge < -0.3 is 5.32 Å². The Balaban J connectivity index is 1.72. The van der Waals surface area contributed by atoms with Crippen molar-refractivity contribution in [3.05, 3.63) is 51.4 Å². The van der Waals surface area contributed by atoms with Crippen molar-refractivity contribution in [3.8, 4) is 0 Å². The van der Waals surface area contributed by atoms with Gasteiger partial charge in [-0.3, -0.25) is 9.78 Å². The topological polar surface area (TPSA) is 57.8 Å². The highest BCUT2D eigenvalue weighted by atomic mass is 32.2. The van der Waals surface area contributed by atoms with Crippen molar-refractivity contribution < 1.29 is 0 Å². The molecule has 122 valence electrons. The summed E-state index contributed by atoms with van der Waals surface area (Å²) in [6, 6.07) is 8.31. The summed E-state index contributed by atoms with van der Waals surface area (Å²) in [6.45, 7) is 4.41. The molecule has 1 heterocycles. The van der Waals surface area contributed by atoms with Crippen LogP contribution in [0, 0.1) is 0 Å². The molecule has 1 aliphatic rings. The highest BCUT2D eigenvalue weighted by molar-refractivity contribution is 7.99. The summed E-state index contributed by atoms with van der Waals surface area (Å²) in [5.74, 6) is 1.56. The van der Waals surface area contributed by atoms with Crippen LogP contribution in [0.5, 0.6) is 0 Å². The molecule has 5 heteroatoms. The Morgan fingerprint density at radius 3 is 2.70 bits per heavy atom. The van der Waals surface area contributed by atoms with Crippen molar-refractivity contribution in [1.29, 1.82) is 0 Å². The Labute approximate surface area is 141 Å². The molecule has 0 fully saturated rings. The summed E-state index contributed by atoms with van der Waals surface area (Å²) in [5.41, 5.74) is 4.07. The second kappa shape index (κ2) is 7.21. The van der Waals surface area contributed by atoms with Gasteiger partial charge in [0.1, 0.15) is 0 Å². The number of rotatable bonds is 5. The van der Waals surface area contributed by atoms with Gasteiger partial charge in [-0.2, -0.15) is 11.8 Å². The second-order valence-corrected chi connectivity index (χ2v) is 7.79. The lowest BCUT2D eigenvalue weighted by Gasteiger charge is -2.15. The summed E-state index contributed by atoms with van der Waals surface area (Å²) in [7, 11) is 0. The third-order valence-electron chi connectivity index (χ3n) is 3.99. The molecule has 2 N–H and O–H groups in total. The molecule has 2 aromatic rings. The van der Waals surface area contributed by atoms with Crippen molar-refractivity contribution in [2.75, 3.05) is 5.32 Å². The highest BCUT2D eigenvalue weighted by Crippen LogP contribution is 2.21. The lowest BCUT2D eigenvalue weighted by Crippen LogP contribution is -2.22. The van der Waals surface area contributed by atoms with Crippen molar-refractivity contribution >= 4 is 23.4 Å². The maximum atomic E-state index is 12.1. The molecule has 0 saturated carbocycles. The number of aryl methyl sites for hydroxylation is 1. The van der Waals surface area contributed by atoms with Crippen LogP contribution in [0.1, 0.15) is 43.5 Å². The van der Waals surface area contributed by atoms with E-state index in [4.69, 9.17) is 0 Å². The summed E-state index contributed by atoms with van der Waals surface area (Å²) >= 11 is 1.93. The number of nitrogens with one attached hydrogen (secondary N) is 2. The SMILES string of the molecule is CC(C)SCc1ccc(Nc2nc3c(c(=O)[nH]2)CCCC3)cc1. The summed E-state index contributed by atoms with van der Waals surface area (Å²) in [6.07, 6.45) is 3.95. The van der Waals surface area contributed by atoms with E-state index in [1.54, 1.807) is 0 Å². The molecular weight excluding hydrogens is 306 g/mol. The van der Waals surface area contributed by atoms with Crippen LogP contribution in [-0.2, 0) is 18.6 Å². The fourth-order valence-electron chi connectivity index (χ4n) is 2.75. The minimum atomic E-state index is 0.00199. The van der Waals surface area contributed by atoms with Gasteiger partial charge in [0.05, 0.1) is 5.69 Å². The molecule has 3 rings (SSSR count). The third-order valence-corrected chi connectivity index (χ3v) is 5.16. The first-order chi connectivity index (χ1) is 11.1. The first-order valence-electron chi connectivity index (χ1n) is 8.21. The van der Waals surface area contributed by atoms with Crippen molar-refractivity contribution in [2.24, 2.45) is 0 Å². The Kier molecular flexibility index (Phi) is 5.06. The van der Waals surface area contributed by atoms with Crippen LogP contribution >= 0.6 is 11.8 Å². The van der Waals surface area contributed by atoms with Crippen LogP contribution in [-0.4, -0.2) is 15.2 Å². The lowest BCUT2D eigenvalue weighted by molar-refractivity contribution is 0.658. The molecule has 0 saturated heterocycles. The van der Waals surface area contributed by atoms with E-state index >= 15 is 0 Å². The second-order valence-electron chi connectivity index (χ2n) is 6.23. The van der Waals surface area contributed by atoms with E-state index in [-0.39, 0.29) is 5.56 Å². The summed E-state index contributed by atoms with van der Waals surface area (Å²) in [4.78, 5) is 19.6. The standard InChI is InChI=1S/C18H23N3OS/c1-12(2)23-11-13-7-9-14(10-8-13)19-18-20-16-6-4-3-5-15(16)17(22)21-18/h7-10,12H,3-6,11H2,1-2H3,(H2,19,20,21,22). The monoisotopic (exact) mass is 329 g/mol. The Bertz CT molecular complexity index is 722. The summed E-state index contributed by atoms with van der Waals surface area (Å²) < 4.78 is 0. The van der Waals surface area contributed by atoms with Gasteiger partial charge in [0.25, 0.3) is 5.56 Å². The van der Waals surface area contributed by atoms with E-state index in [9.17, 15) is 4.79 Å². The fourth-order valence-corrected chi connectivity index (χ4v) is 3.46. The Morgan fingerprint density at radius 1 is 1.22 bits per heavy atom. The van der Waals surface area contributed by atoms with Crippen LogP contribution < -0.4 is 10.9 Å². The van der Waals surface area contributed by atoms with Crippen LogP contribution in [0.2, 0.25) is 0 Å².